The molecule has 0 aliphatic heterocycles. The minimum Gasteiger partial charge on any atom is -0.480 e. The van der Waals surface area contributed by atoms with Gasteiger partial charge < -0.3 is 15.7 Å². The van der Waals surface area contributed by atoms with Crippen LogP contribution in [0.3, 0.4) is 0 Å². The van der Waals surface area contributed by atoms with Crippen LogP contribution in [0.15, 0.2) is 0 Å². The van der Waals surface area contributed by atoms with Crippen molar-refractivity contribution < 1.29 is 14.7 Å². The maximum atomic E-state index is 11.6. The lowest BCUT2D eigenvalue weighted by molar-refractivity contribution is -0.139. The topological polar surface area (TPSA) is 78.4 Å². The Labute approximate surface area is 112 Å². The number of carboxylic acids is 1. The summed E-state index contributed by atoms with van der Waals surface area (Å²) < 4.78 is 0. The molecule has 0 heterocycles. The Morgan fingerprint density at radius 1 is 1.39 bits per heavy atom. The van der Waals surface area contributed by atoms with E-state index in [1.165, 1.54) is 11.8 Å². The SMILES string of the molecule is C#CC(CCC)NC(=O)N[C@@H](CCSC)C(=O)O. The fourth-order valence-electron chi connectivity index (χ4n) is 1.34. The Bertz CT molecular complexity index is 315. The lowest BCUT2D eigenvalue weighted by Crippen LogP contribution is -2.48. The zero-order chi connectivity index (χ0) is 14.0. The molecule has 0 aliphatic rings. The molecular formula is C12H20N2O3S. The van der Waals surface area contributed by atoms with Crippen LogP contribution in [-0.4, -0.2) is 41.2 Å². The summed E-state index contributed by atoms with van der Waals surface area (Å²) in [5.41, 5.74) is 0. The molecule has 6 heteroatoms. The number of urea groups is 1. The maximum absolute atomic E-state index is 11.6. The predicted molar refractivity (Wildman–Crippen MR) is 73.6 cm³/mol. The average Bonchev–Trinajstić information content (AvgIpc) is 2.33. The summed E-state index contributed by atoms with van der Waals surface area (Å²) in [7, 11) is 0. The highest BCUT2D eigenvalue weighted by molar-refractivity contribution is 7.98. The van der Waals surface area contributed by atoms with E-state index in [0.717, 1.165) is 6.42 Å². The van der Waals surface area contributed by atoms with Gasteiger partial charge in [0.2, 0.25) is 0 Å². The van der Waals surface area contributed by atoms with Gasteiger partial charge in [-0.2, -0.15) is 11.8 Å². The molecule has 0 aromatic carbocycles. The molecule has 0 fully saturated rings. The summed E-state index contributed by atoms with van der Waals surface area (Å²) in [5.74, 6) is 2.09. The highest BCUT2D eigenvalue weighted by Crippen LogP contribution is 2.01. The summed E-state index contributed by atoms with van der Waals surface area (Å²) in [6.07, 6.45) is 9.06. The molecule has 0 aromatic heterocycles. The molecule has 0 aromatic rings. The van der Waals surface area contributed by atoms with E-state index in [4.69, 9.17) is 11.5 Å². The van der Waals surface area contributed by atoms with E-state index in [-0.39, 0.29) is 6.04 Å². The van der Waals surface area contributed by atoms with E-state index in [1.54, 1.807) is 0 Å². The predicted octanol–water partition coefficient (Wildman–Crippen LogP) is 1.29. The Morgan fingerprint density at radius 3 is 2.50 bits per heavy atom. The number of nitrogens with one attached hydrogen (secondary N) is 2. The van der Waals surface area contributed by atoms with Crippen molar-refractivity contribution in [2.75, 3.05) is 12.0 Å². The van der Waals surface area contributed by atoms with Crippen LogP contribution in [-0.2, 0) is 4.79 Å². The number of carbonyl (C=O) groups is 2. The molecule has 0 spiro atoms. The summed E-state index contributed by atoms with van der Waals surface area (Å²) in [4.78, 5) is 22.5. The van der Waals surface area contributed by atoms with Gasteiger partial charge in [-0.05, 0) is 24.9 Å². The summed E-state index contributed by atoms with van der Waals surface area (Å²) in [6.45, 7) is 1.96. The number of rotatable bonds is 8. The van der Waals surface area contributed by atoms with Crippen LogP contribution in [0, 0.1) is 12.3 Å². The van der Waals surface area contributed by atoms with Gasteiger partial charge in [-0.15, -0.1) is 6.42 Å². The molecule has 1 unspecified atom stereocenters. The molecule has 3 N–H and O–H groups in total. The minimum atomic E-state index is -1.04. The van der Waals surface area contributed by atoms with Crippen molar-refractivity contribution in [3.63, 3.8) is 0 Å². The van der Waals surface area contributed by atoms with Crippen LogP contribution in [0.25, 0.3) is 0 Å². The Kier molecular flexibility index (Phi) is 8.93. The van der Waals surface area contributed by atoms with E-state index in [2.05, 4.69) is 16.6 Å². The number of hydrogen-bond donors (Lipinski definition) is 3. The van der Waals surface area contributed by atoms with E-state index < -0.39 is 18.0 Å². The van der Waals surface area contributed by atoms with E-state index >= 15 is 0 Å². The lowest BCUT2D eigenvalue weighted by Gasteiger charge is -2.17. The van der Waals surface area contributed by atoms with Gasteiger partial charge in [0, 0.05) is 0 Å². The molecule has 0 radical (unpaired) electrons. The number of terminal acetylenes is 1. The van der Waals surface area contributed by atoms with Gasteiger partial charge in [0.05, 0.1) is 6.04 Å². The van der Waals surface area contributed by atoms with Gasteiger partial charge in [-0.25, -0.2) is 9.59 Å². The third-order valence-corrected chi connectivity index (χ3v) is 2.94. The van der Waals surface area contributed by atoms with E-state index in [9.17, 15) is 9.59 Å². The number of hydrogen-bond acceptors (Lipinski definition) is 3. The fourth-order valence-corrected chi connectivity index (χ4v) is 1.81. The number of carbonyl (C=O) groups excluding carboxylic acids is 1. The Hall–Kier alpha value is -1.35. The summed E-state index contributed by atoms with van der Waals surface area (Å²) in [6, 6.07) is -1.76. The lowest BCUT2D eigenvalue weighted by atomic mass is 10.2. The normalized spacial score (nSPS) is 13.2. The molecule has 0 saturated heterocycles. The van der Waals surface area contributed by atoms with Crippen molar-refractivity contribution in [3.8, 4) is 12.3 Å². The highest BCUT2D eigenvalue weighted by atomic mass is 32.2. The second-order valence-electron chi connectivity index (χ2n) is 3.80. The molecular weight excluding hydrogens is 252 g/mol. The van der Waals surface area contributed by atoms with Crippen molar-refractivity contribution in [1.82, 2.24) is 10.6 Å². The molecule has 5 nitrogen and oxygen atoms in total. The average molecular weight is 272 g/mol. The zero-order valence-corrected chi connectivity index (χ0v) is 11.5. The largest absolute Gasteiger partial charge is 0.480 e. The molecule has 0 saturated carbocycles. The zero-order valence-electron chi connectivity index (χ0n) is 10.7. The first-order chi connectivity index (χ1) is 8.54. The quantitative estimate of drug-likeness (QED) is 0.582. The van der Waals surface area contributed by atoms with Crippen molar-refractivity contribution in [2.24, 2.45) is 0 Å². The molecule has 0 bridgehead atoms. The van der Waals surface area contributed by atoms with Crippen molar-refractivity contribution in [1.29, 1.82) is 0 Å². The third-order valence-electron chi connectivity index (χ3n) is 2.30. The maximum Gasteiger partial charge on any atom is 0.326 e. The molecule has 2 amide bonds. The van der Waals surface area contributed by atoms with Crippen molar-refractivity contribution in [3.05, 3.63) is 0 Å². The number of thioether (sulfide) groups is 1. The van der Waals surface area contributed by atoms with Gasteiger partial charge >= 0.3 is 12.0 Å². The molecule has 18 heavy (non-hydrogen) atoms. The summed E-state index contributed by atoms with van der Waals surface area (Å²) in [5, 5.41) is 13.9. The molecule has 0 aliphatic carbocycles. The second-order valence-corrected chi connectivity index (χ2v) is 4.78. The monoisotopic (exact) mass is 272 g/mol. The van der Waals surface area contributed by atoms with Gasteiger partial charge in [0.25, 0.3) is 0 Å². The first-order valence-corrected chi connectivity index (χ1v) is 7.19. The molecule has 0 rings (SSSR count). The Balaban J connectivity index is 4.24. The van der Waals surface area contributed by atoms with E-state index in [1.807, 2.05) is 13.2 Å². The van der Waals surface area contributed by atoms with Crippen molar-refractivity contribution >= 4 is 23.8 Å². The first kappa shape index (κ1) is 16.6. The molecule has 102 valence electrons. The highest BCUT2D eigenvalue weighted by Gasteiger charge is 2.20. The fraction of sp³-hybridized carbons (Fsp3) is 0.667. The first-order valence-electron chi connectivity index (χ1n) is 5.80. The van der Waals surface area contributed by atoms with Crippen LogP contribution < -0.4 is 10.6 Å². The summed E-state index contributed by atoms with van der Waals surface area (Å²) >= 11 is 1.53. The second kappa shape index (κ2) is 9.66. The minimum absolute atomic E-state index is 0.356. The van der Waals surface area contributed by atoms with Crippen LogP contribution in [0.2, 0.25) is 0 Å². The number of amides is 2. The number of carboxylic acid groups (broad SMARTS) is 1. The van der Waals surface area contributed by atoms with Gasteiger partial charge in [0.15, 0.2) is 0 Å². The van der Waals surface area contributed by atoms with Crippen LogP contribution in [0.4, 0.5) is 4.79 Å². The standard InChI is InChI=1S/C12H20N2O3S/c1-4-6-9(5-2)13-12(17)14-10(11(15)16)7-8-18-3/h2,9-10H,4,6-8H2,1,3H3,(H,15,16)(H2,13,14,17)/t9?,10-/m0/s1. The number of aliphatic carboxylic acids is 1. The van der Waals surface area contributed by atoms with Crippen LogP contribution >= 0.6 is 11.8 Å². The van der Waals surface area contributed by atoms with Gasteiger partial charge in [-0.3, -0.25) is 0 Å². The van der Waals surface area contributed by atoms with Gasteiger partial charge in [0.1, 0.15) is 6.04 Å². The molecule has 2 atom stereocenters. The van der Waals surface area contributed by atoms with Crippen LogP contribution in [0.1, 0.15) is 26.2 Å². The third kappa shape index (κ3) is 7.07. The van der Waals surface area contributed by atoms with Crippen molar-refractivity contribution in [2.45, 2.75) is 38.3 Å². The van der Waals surface area contributed by atoms with E-state index in [0.29, 0.717) is 18.6 Å². The van der Waals surface area contributed by atoms with Gasteiger partial charge in [-0.1, -0.05) is 19.3 Å². The smallest absolute Gasteiger partial charge is 0.326 e. The van der Waals surface area contributed by atoms with Crippen LogP contribution in [0.5, 0.6) is 0 Å². The Morgan fingerprint density at radius 2 is 2.06 bits per heavy atom.